The molecule has 19 heavy (non-hydrogen) atoms. The fourth-order valence-electron chi connectivity index (χ4n) is 2.17. The first-order valence-electron chi connectivity index (χ1n) is 6.15. The van der Waals surface area contributed by atoms with Crippen molar-refractivity contribution >= 4 is 11.0 Å². The van der Waals surface area contributed by atoms with E-state index in [-0.39, 0.29) is 5.82 Å². The Balaban J connectivity index is 1.97. The van der Waals surface area contributed by atoms with Crippen molar-refractivity contribution in [3.8, 4) is 0 Å². The molecule has 1 heterocycles. The zero-order valence-electron chi connectivity index (χ0n) is 10.4. The molecule has 0 saturated carbocycles. The number of aromatic nitrogens is 2. The van der Waals surface area contributed by atoms with Gasteiger partial charge in [-0.25, -0.2) is 9.37 Å². The monoisotopic (exact) mass is 255 g/mol. The van der Waals surface area contributed by atoms with Crippen LogP contribution in [0.3, 0.4) is 0 Å². The van der Waals surface area contributed by atoms with E-state index in [1.54, 1.807) is 12.4 Å². The number of halogens is 1. The van der Waals surface area contributed by atoms with Crippen molar-refractivity contribution in [2.45, 2.75) is 13.1 Å². The lowest BCUT2D eigenvalue weighted by atomic mass is 10.1. The highest BCUT2D eigenvalue weighted by atomic mass is 19.1. The Hall–Kier alpha value is -2.20. The molecule has 0 spiro atoms. The molecule has 0 atom stereocenters. The molecule has 0 amide bonds. The highest BCUT2D eigenvalue weighted by molar-refractivity contribution is 5.75. The summed E-state index contributed by atoms with van der Waals surface area (Å²) in [4.78, 5) is 4.30. The number of nitrogens with zero attached hydrogens (tertiary/aromatic N) is 2. The average Bonchev–Trinajstić information content (AvgIpc) is 2.84. The topological polar surface area (TPSA) is 43.8 Å². The Bertz CT molecular complexity index is 718. The summed E-state index contributed by atoms with van der Waals surface area (Å²) in [6.07, 6.45) is 1.74. The van der Waals surface area contributed by atoms with Gasteiger partial charge in [-0.15, -0.1) is 0 Å². The van der Waals surface area contributed by atoms with Crippen LogP contribution in [-0.4, -0.2) is 9.55 Å². The van der Waals surface area contributed by atoms with Crippen LogP contribution in [0.2, 0.25) is 0 Å². The molecule has 96 valence electrons. The fourth-order valence-corrected chi connectivity index (χ4v) is 2.17. The summed E-state index contributed by atoms with van der Waals surface area (Å²) in [7, 11) is 0. The van der Waals surface area contributed by atoms with Crippen LogP contribution in [0, 0.1) is 5.82 Å². The Morgan fingerprint density at radius 3 is 2.79 bits per heavy atom. The summed E-state index contributed by atoms with van der Waals surface area (Å²) < 4.78 is 15.9. The van der Waals surface area contributed by atoms with Gasteiger partial charge in [0, 0.05) is 12.1 Å². The minimum Gasteiger partial charge on any atom is -0.326 e. The number of nitrogens with two attached hydrogens (primary N) is 1. The maximum absolute atomic E-state index is 13.9. The van der Waals surface area contributed by atoms with Crippen molar-refractivity contribution in [1.82, 2.24) is 9.55 Å². The summed E-state index contributed by atoms with van der Waals surface area (Å²) in [5.74, 6) is -0.222. The van der Waals surface area contributed by atoms with Gasteiger partial charge in [0.1, 0.15) is 5.82 Å². The van der Waals surface area contributed by atoms with E-state index in [0.717, 1.165) is 16.6 Å². The van der Waals surface area contributed by atoms with E-state index < -0.39 is 0 Å². The number of para-hydroxylation sites is 2. The van der Waals surface area contributed by atoms with E-state index in [1.165, 1.54) is 6.07 Å². The number of fused-ring (bicyclic) bond motifs is 1. The lowest BCUT2D eigenvalue weighted by Crippen LogP contribution is -2.03. The maximum atomic E-state index is 13.9. The maximum Gasteiger partial charge on any atom is 0.128 e. The Kier molecular flexibility index (Phi) is 3.01. The molecular weight excluding hydrogens is 241 g/mol. The summed E-state index contributed by atoms with van der Waals surface area (Å²) in [6, 6.07) is 13.0. The second-order valence-electron chi connectivity index (χ2n) is 4.49. The number of hydrogen-bond donors (Lipinski definition) is 1. The molecule has 1 aromatic heterocycles. The van der Waals surface area contributed by atoms with Gasteiger partial charge in [0.15, 0.2) is 0 Å². The van der Waals surface area contributed by atoms with E-state index >= 15 is 0 Å². The first-order valence-corrected chi connectivity index (χ1v) is 6.15. The number of imidazole rings is 1. The molecule has 3 rings (SSSR count). The third-order valence-electron chi connectivity index (χ3n) is 3.22. The smallest absolute Gasteiger partial charge is 0.128 e. The number of benzene rings is 2. The molecule has 4 heteroatoms. The van der Waals surface area contributed by atoms with Crippen molar-refractivity contribution in [3.63, 3.8) is 0 Å². The Morgan fingerprint density at radius 2 is 2.00 bits per heavy atom. The van der Waals surface area contributed by atoms with Gasteiger partial charge in [0.25, 0.3) is 0 Å². The van der Waals surface area contributed by atoms with Crippen LogP contribution in [0.5, 0.6) is 0 Å². The molecule has 0 aliphatic carbocycles. The average molecular weight is 255 g/mol. The minimum absolute atomic E-state index is 0.222. The quantitative estimate of drug-likeness (QED) is 0.782. The van der Waals surface area contributed by atoms with E-state index in [1.807, 2.05) is 34.9 Å². The van der Waals surface area contributed by atoms with Gasteiger partial charge in [-0.3, -0.25) is 0 Å². The van der Waals surface area contributed by atoms with Gasteiger partial charge >= 0.3 is 0 Å². The predicted molar refractivity (Wildman–Crippen MR) is 73.1 cm³/mol. The zero-order chi connectivity index (χ0) is 13.2. The molecule has 0 aliphatic rings. The fraction of sp³-hybridized carbons (Fsp3) is 0.133. The second kappa shape index (κ2) is 4.82. The largest absolute Gasteiger partial charge is 0.326 e. The molecule has 0 saturated heterocycles. The van der Waals surface area contributed by atoms with Crippen molar-refractivity contribution in [2.75, 3.05) is 0 Å². The van der Waals surface area contributed by atoms with Crippen LogP contribution < -0.4 is 5.73 Å². The van der Waals surface area contributed by atoms with Crippen LogP contribution in [0.25, 0.3) is 11.0 Å². The predicted octanol–water partition coefficient (Wildman–Crippen LogP) is 2.68. The Morgan fingerprint density at radius 1 is 1.16 bits per heavy atom. The summed E-state index contributed by atoms with van der Waals surface area (Å²) in [5.41, 5.74) is 8.86. The SMILES string of the molecule is NCc1ccc(Cn2cnc3ccccc32)c(F)c1. The summed E-state index contributed by atoms with van der Waals surface area (Å²) >= 11 is 0. The van der Waals surface area contributed by atoms with Crippen LogP contribution in [0.4, 0.5) is 4.39 Å². The van der Waals surface area contributed by atoms with Crippen molar-refractivity contribution in [3.05, 3.63) is 65.7 Å². The normalized spacial score (nSPS) is 11.1. The lowest BCUT2D eigenvalue weighted by molar-refractivity contribution is 0.599. The zero-order valence-corrected chi connectivity index (χ0v) is 10.4. The second-order valence-corrected chi connectivity index (χ2v) is 4.49. The van der Waals surface area contributed by atoms with E-state index in [9.17, 15) is 4.39 Å². The number of rotatable bonds is 3. The van der Waals surface area contributed by atoms with Gasteiger partial charge in [0.05, 0.1) is 23.9 Å². The van der Waals surface area contributed by atoms with Crippen molar-refractivity contribution < 1.29 is 4.39 Å². The van der Waals surface area contributed by atoms with Gasteiger partial charge in [-0.05, 0) is 23.8 Å². The molecule has 0 bridgehead atoms. The summed E-state index contributed by atoms with van der Waals surface area (Å²) in [6.45, 7) is 0.822. The Labute approximate surface area is 110 Å². The van der Waals surface area contributed by atoms with E-state index in [2.05, 4.69) is 4.98 Å². The molecule has 0 aliphatic heterocycles. The third kappa shape index (κ3) is 2.22. The molecule has 0 fully saturated rings. The first-order chi connectivity index (χ1) is 9.28. The van der Waals surface area contributed by atoms with Crippen LogP contribution in [-0.2, 0) is 13.1 Å². The van der Waals surface area contributed by atoms with Crippen molar-refractivity contribution in [2.24, 2.45) is 5.73 Å². The molecular formula is C15H14FN3. The van der Waals surface area contributed by atoms with Crippen LogP contribution >= 0.6 is 0 Å². The summed E-state index contributed by atoms with van der Waals surface area (Å²) in [5, 5.41) is 0. The molecule has 0 unspecified atom stereocenters. The van der Waals surface area contributed by atoms with Gasteiger partial charge in [0.2, 0.25) is 0 Å². The van der Waals surface area contributed by atoms with Crippen LogP contribution in [0.1, 0.15) is 11.1 Å². The highest BCUT2D eigenvalue weighted by Crippen LogP contribution is 2.16. The van der Waals surface area contributed by atoms with Gasteiger partial charge < -0.3 is 10.3 Å². The van der Waals surface area contributed by atoms with Gasteiger partial charge in [-0.2, -0.15) is 0 Å². The number of hydrogen-bond acceptors (Lipinski definition) is 2. The standard InChI is InChI=1S/C15H14FN3/c16-13-7-11(8-17)5-6-12(13)9-19-10-18-14-3-1-2-4-15(14)19/h1-7,10H,8-9,17H2. The molecule has 0 radical (unpaired) electrons. The van der Waals surface area contributed by atoms with Crippen molar-refractivity contribution in [1.29, 1.82) is 0 Å². The van der Waals surface area contributed by atoms with Gasteiger partial charge in [-0.1, -0.05) is 24.3 Å². The molecule has 3 aromatic rings. The molecule has 2 N–H and O–H groups in total. The first kappa shape index (κ1) is 11.9. The van der Waals surface area contributed by atoms with E-state index in [0.29, 0.717) is 18.7 Å². The lowest BCUT2D eigenvalue weighted by Gasteiger charge is -2.07. The van der Waals surface area contributed by atoms with Crippen LogP contribution in [0.15, 0.2) is 48.8 Å². The molecule has 2 aromatic carbocycles. The third-order valence-corrected chi connectivity index (χ3v) is 3.22. The minimum atomic E-state index is -0.222. The molecule has 3 nitrogen and oxygen atoms in total. The van der Waals surface area contributed by atoms with E-state index in [4.69, 9.17) is 5.73 Å². The highest BCUT2D eigenvalue weighted by Gasteiger charge is 2.06.